The highest BCUT2D eigenvalue weighted by molar-refractivity contribution is 6.09. The molecule has 33 heavy (non-hydrogen) atoms. The zero-order valence-electron chi connectivity index (χ0n) is 18.4. The quantitative estimate of drug-likeness (QED) is 0.259. The van der Waals surface area contributed by atoms with Gasteiger partial charge in [0, 0.05) is 17.5 Å². The summed E-state index contributed by atoms with van der Waals surface area (Å²) in [6, 6.07) is 34.3. The maximum Gasteiger partial charge on any atom is 0.127 e. The van der Waals surface area contributed by atoms with Gasteiger partial charge < -0.3 is 14.6 Å². The molecule has 0 bridgehead atoms. The van der Waals surface area contributed by atoms with Gasteiger partial charge in [0.1, 0.15) is 11.5 Å². The minimum absolute atomic E-state index is 0.251. The SMILES string of the molecule is Oc1ccc2ccccc2c1-c1c(OCCCOCc2ccccc2)ccc2ccccc12. The van der Waals surface area contributed by atoms with Gasteiger partial charge in [0.2, 0.25) is 0 Å². The van der Waals surface area contributed by atoms with Crippen molar-refractivity contribution >= 4 is 21.5 Å². The van der Waals surface area contributed by atoms with E-state index in [2.05, 4.69) is 36.4 Å². The van der Waals surface area contributed by atoms with Crippen LogP contribution in [0.5, 0.6) is 11.5 Å². The van der Waals surface area contributed by atoms with Crippen molar-refractivity contribution < 1.29 is 14.6 Å². The van der Waals surface area contributed by atoms with Crippen LogP contribution in [-0.2, 0) is 11.3 Å². The minimum Gasteiger partial charge on any atom is -0.507 e. The number of hydrogen-bond donors (Lipinski definition) is 1. The molecule has 5 rings (SSSR count). The smallest absolute Gasteiger partial charge is 0.127 e. The third kappa shape index (κ3) is 4.55. The fourth-order valence-electron chi connectivity index (χ4n) is 4.26. The van der Waals surface area contributed by atoms with Gasteiger partial charge in [0.15, 0.2) is 0 Å². The minimum atomic E-state index is 0.251. The lowest BCUT2D eigenvalue weighted by Crippen LogP contribution is -2.04. The first-order valence-corrected chi connectivity index (χ1v) is 11.3. The molecule has 0 aromatic heterocycles. The molecule has 0 radical (unpaired) electrons. The number of rotatable bonds is 8. The maximum atomic E-state index is 10.9. The molecular weight excluding hydrogens is 408 g/mol. The van der Waals surface area contributed by atoms with Gasteiger partial charge in [0.05, 0.1) is 19.8 Å². The van der Waals surface area contributed by atoms with E-state index < -0.39 is 0 Å². The summed E-state index contributed by atoms with van der Waals surface area (Å²) >= 11 is 0. The van der Waals surface area contributed by atoms with Crippen molar-refractivity contribution in [3.8, 4) is 22.6 Å². The summed E-state index contributed by atoms with van der Waals surface area (Å²) in [5, 5.41) is 15.2. The highest BCUT2D eigenvalue weighted by Crippen LogP contribution is 2.44. The van der Waals surface area contributed by atoms with Crippen molar-refractivity contribution in [3.05, 3.63) is 109 Å². The average Bonchev–Trinajstić information content (AvgIpc) is 2.87. The summed E-state index contributed by atoms with van der Waals surface area (Å²) in [5.41, 5.74) is 2.90. The maximum absolute atomic E-state index is 10.9. The van der Waals surface area contributed by atoms with Gasteiger partial charge in [0.25, 0.3) is 0 Å². The Kier molecular flexibility index (Phi) is 6.23. The van der Waals surface area contributed by atoms with Crippen LogP contribution in [0.2, 0.25) is 0 Å². The molecule has 0 saturated carbocycles. The molecule has 3 heteroatoms. The first-order valence-electron chi connectivity index (χ1n) is 11.3. The first-order chi connectivity index (χ1) is 16.3. The molecule has 0 aliphatic carbocycles. The van der Waals surface area contributed by atoms with E-state index in [1.54, 1.807) is 6.07 Å². The number of benzene rings is 5. The van der Waals surface area contributed by atoms with Gasteiger partial charge in [-0.15, -0.1) is 0 Å². The number of phenolic OH excluding ortho intramolecular Hbond substituents is 1. The molecule has 0 atom stereocenters. The summed E-state index contributed by atoms with van der Waals surface area (Å²) in [6.07, 6.45) is 0.778. The Hall–Kier alpha value is -3.82. The van der Waals surface area contributed by atoms with Gasteiger partial charge in [-0.1, -0.05) is 91.0 Å². The van der Waals surface area contributed by atoms with E-state index >= 15 is 0 Å². The van der Waals surface area contributed by atoms with Crippen LogP contribution in [0.3, 0.4) is 0 Å². The van der Waals surface area contributed by atoms with Gasteiger partial charge in [-0.05, 0) is 39.2 Å². The standard InChI is InChI=1S/C30H26O3/c31-27-17-15-23-11-4-6-13-25(23)29(27)30-26-14-7-5-12-24(26)16-18-28(30)33-20-8-19-32-21-22-9-2-1-3-10-22/h1-7,9-18,31H,8,19-21H2. The molecule has 0 saturated heterocycles. The van der Waals surface area contributed by atoms with Crippen LogP contribution < -0.4 is 4.74 Å². The summed E-state index contributed by atoms with van der Waals surface area (Å²) in [6.45, 7) is 1.76. The zero-order valence-corrected chi connectivity index (χ0v) is 18.4. The predicted molar refractivity (Wildman–Crippen MR) is 135 cm³/mol. The summed E-state index contributed by atoms with van der Waals surface area (Å²) < 4.78 is 12.1. The first kappa shape index (κ1) is 21.0. The van der Waals surface area contributed by atoms with Crippen LogP contribution in [0.15, 0.2) is 103 Å². The molecule has 1 N–H and O–H groups in total. The monoisotopic (exact) mass is 434 g/mol. The van der Waals surface area contributed by atoms with Gasteiger partial charge in [-0.25, -0.2) is 0 Å². The van der Waals surface area contributed by atoms with E-state index in [0.717, 1.165) is 44.8 Å². The Balaban J connectivity index is 1.41. The molecule has 0 aliphatic heterocycles. The Morgan fingerprint density at radius 2 is 1.21 bits per heavy atom. The molecule has 5 aromatic carbocycles. The lowest BCUT2D eigenvalue weighted by atomic mass is 9.92. The molecule has 0 aliphatic rings. The van der Waals surface area contributed by atoms with Gasteiger partial charge in [-0.3, -0.25) is 0 Å². The Labute approximate surface area is 193 Å². The fraction of sp³-hybridized carbons (Fsp3) is 0.133. The van der Waals surface area contributed by atoms with Crippen LogP contribution in [0.4, 0.5) is 0 Å². The average molecular weight is 435 g/mol. The summed E-state index contributed by atoms with van der Waals surface area (Å²) in [4.78, 5) is 0. The topological polar surface area (TPSA) is 38.7 Å². The molecular formula is C30H26O3. The molecule has 3 nitrogen and oxygen atoms in total. The Bertz CT molecular complexity index is 1380. The number of aromatic hydroxyl groups is 1. The van der Waals surface area contributed by atoms with Crippen LogP contribution in [0, 0.1) is 0 Å². The van der Waals surface area contributed by atoms with Crippen molar-refractivity contribution in [1.29, 1.82) is 0 Å². The highest BCUT2D eigenvalue weighted by Gasteiger charge is 2.17. The van der Waals surface area contributed by atoms with Crippen molar-refractivity contribution in [2.75, 3.05) is 13.2 Å². The number of fused-ring (bicyclic) bond motifs is 2. The molecule has 5 aromatic rings. The van der Waals surface area contributed by atoms with E-state index in [-0.39, 0.29) is 5.75 Å². The van der Waals surface area contributed by atoms with Crippen molar-refractivity contribution in [2.45, 2.75) is 13.0 Å². The number of hydrogen-bond acceptors (Lipinski definition) is 3. The van der Waals surface area contributed by atoms with Gasteiger partial charge >= 0.3 is 0 Å². The van der Waals surface area contributed by atoms with Crippen molar-refractivity contribution in [2.24, 2.45) is 0 Å². The second-order valence-corrected chi connectivity index (χ2v) is 8.08. The molecule has 0 spiro atoms. The van der Waals surface area contributed by atoms with E-state index in [4.69, 9.17) is 9.47 Å². The van der Waals surface area contributed by atoms with Crippen LogP contribution in [-0.4, -0.2) is 18.3 Å². The third-order valence-corrected chi connectivity index (χ3v) is 5.85. The van der Waals surface area contributed by atoms with E-state index in [1.165, 1.54) is 5.56 Å². The van der Waals surface area contributed by atoms with Gasteiger partial charge in [-0.2, -0.15) is 0 Å². The van der Waals surface area contributed by atoms with Crippen LogP contribution in [0.25, 0.3) is 32.7 Å². The lowest BCUT2D eigenvalue weighted by molar-refractivity contribution is 0.107. The predicted octanol–water partition coefficient (Wildman–Crippen LogP) is 7.35. The van der Waals surface area contributed by atoms with E-state index in [0.29, 0.717) is 19.8 Å². The fourth-order valence-corrected chi connectivity index (χ4v) is 4.26. The number of ether oxygens (including phenoxy) is 2. The number of phenols is 1. The molecule has 0 amide bonds. The second kappa shape index (κ2) is 9.76. The van der Waals surface area contributed by atoms with Crippen molar-refractivity contribution in [3.63, 3.8) is 0 Å². The van der Waals surface area contributed by atoms with Crippen LogP contribution >= 0.6 is 0 Å². The summed E-state index contributed by atoms with van der Waals surface area (Å²) in [7, 11) is 0. The summed E-state index contributed by atoms with van der Waals surface area (Å²) in [5.74, 6) is 1.02. The van der Waals surface area contributed by atoms with Crippen molar-refractivity contribution in [1.82, 2.24) is 0 Å². The Morgan fingerprint density at radius 1 is 0.576 bits per heavy atom. The van der Waals surface area contributed by atoms with E-state index in [9.17, 15) is 5.11 Å². The Morgan fingerprint density at radius 3 is 1.97 bits per heavy atom. The molecule has 0 heterocycles. The second-order valence-electron chi connectivity index (χ2n) is 8.08. The zero-order chi connectivity index (χ0) is 22.5. The molecule has 0 unspecified atom stereocenters. The normalized spacial score (nSPS) is 11.2. The lowest BCUT2D eigenvalue weighted by Gasteiger charge is -2.17. The molecule has 0 fully saturated rings. The highest BCUT2D eigenvalue weighted by atomic mass is 16.5. The largest absolute Gasteiger partial charge is 0.507 e. The third-order valence-electron chi connectivity index (χ3n) is 5.85. The van der Waals surface area contributed by atoms with E-state index in [1.807, 2.05) is 60.7 Å². The van der Waals surface area contributed by atoms with Crippen LogP contribution in [0.1, 0.15) is 12.0 Å². The molecule has 164 valence electrons.